The summed E-state index contributed by atoms with van der Waals surface area (Å²) in [7, 11) is 1.84. The summed E-state index contributed by atoms with van der Waals surface area (Å²) in [6.07, 6.45) is 2.61. The van der Waals surface area contributed by atoms with Crippen LogP contribution in [0.2, 0.25) is 0 Å². The second-order valence-corrected chi connectivity index (χ2v) is 8.04. The number of hydrogen-bond donors (Lipinski definition) is 1. The van der Waals surface area contributed by atoms with Gasteiger partial charge in [-0.25, -0.2) is 0 Å². The van der Waals surface area contributed by atoms with Gasteiger partial charge in [-0.05, 0) is 23.9 Å². The molecule has 136 valence electrons. The van der Waals surface area contributed by atoms with Crippen molar-refractivity contribution in [2.75, 3.05) is 13.6 Å². The van der Waals surface area contributed by atoms with E-state index in [1.54, 1.807) is 4.90 Å². The van der Waals surface area contributed by atoms with Gasteiger partial charge in [-0.15, -0.1) is 11.3 Å². The summed E-state index contributed by atoms with van der Waals surface area (Å²) in [6, 6.07) is 11.5. The first-order valence-corrected chi connectivity index (χ1v) is 9.81. The molecule has 0 radical (unpaired) electrons. The zero-order valence-corrected chi connectivity index (χ0v) is 15.6. The highest BCUT2D eigenvalue weighted by Gasteiger charge is 2.43. The number of amides is 2. The topological polar surface area (TPSA) is 58.6 Å². The van der Waals surface area contributed by atoms with Crippen LogP contribution in [0.4, 0.5) is 0 Å². The van der Waals surface area contributed by atoms with E-state index < -0.39 is 5.60 Å². The van der Waals surface area contributed by atoms with Gasteiger partial charge in [-0.2, -0.15) is 0 Å². The van der Waals surface area contributed by atoms with Crippen molar-refractivity contribution in [2.24, 2.45) is 0 Å². The van der Waals surface area contributed by atoms with E-state index in [0.29, 0.717) is 30.7 Å². The molecule has 2 atom stereocenters. The lowest BCUT2D eigenvalue weighted by Gasteiger charge is -2.42. The minimum atomic E-state index is -0.415. The van der Waals surface area contributed by atoms with Crippen molar-refractivity contribution in [1.82, 2.24) is 10.2 Å². The fraction of sp³-hybridized carbons (Fsp3) is 0.400. The van der Waals surface area contributed by atoms with E-state index in [1.807, 2.05) is 48.8 Å². The predicted molar refractivity (Wildman–Crippen MR) is 100 cm³/mol. The summed E-state index contributed by atoms with van der Waals surface area (Å²) in [5.74, 6) is 0.911. The smallest absolute Gasteiger partial charge is 0.261 e. The molecule has 0 saturated carbocycles. The van der Waals surface area contributed by atoms with Crippen LogP contribution in [0.15, 0.2) is 41.8 Å². The van der Waals surface area contributed by atoms with Crippen molar-refractivity contribution in [1.29, 1.82) is 0 Å². The van der Waals surface area contributed by atoms with Gasteiger partial charge in [0.05, 0.1) is 10.9 Å². The van der Waals surface area contributed by atoms with Gasteiger partial charge in [0.1, 0.15) is 11.4 Å². The largest absolute Gasteiger partial charge is 0.487 e. The number of fused-ring (bicyclic) bond motifs is 1. The molecule has 5 nitrogen and oxygen atoms in total. The molecular formula is C20H22N2O3S. The van der Waals surface area contributed by atoms with Crippen molar-refractivity contribution in [3.8, 4) is 5.75 Å². The van der Waals surface area contributed by atoms with Gasteiger partial charge in [-0.3, -0.25) is 9.59 Å². The number of ether oxygens (including phenoxy) is 1. The number of benzene rings is 1. The Bertz CT molecular complexity index is 820. The van der Waals surface area contributed by atoms with Crippen LogP contribution in [0.1, 0.15) is 47.0 Å². The lowest BCUT2D eigenvalue weighted by Crippen LogP contribution is -2.45. The van der Waals surface area contributed by atoms with E-state index in [-0.39, 0.29) is 17.9 Å². The summed E-state index contributed by atoms with van der Waals surface area (Å²) >= 11 is 1.44. The van der Waals surface area contributed by atoms with Crippen LogP contribution in [0.5, 0.6) is 5.75 Å². The van der Waals surface area contributed by atoms with Gasteiger partial charge in [0.15, 0.2) is 0 Å². The first kappa shape index (κ1) is 17.1. The van der Waals surface area contributed by atoms with Crippen molar-refractivity contribution < 1.29 is 14.3 Å². The van der Waals surface area contributed by atoms with Crippen molar-refractivity contribution in [2.45, 2.75) is 37.3 Å². The van der Waals surface area contributed by atoms with E-state index in [2.05, 4.69) is 5.32 Å². The third-order valence-corrected chi connectivity index (χ3v) is 6.24. The molecule has 1 N–H and O–H groups in total. The highest BCUT2D eigenvalue weighted by Crippen LogP contribution is 2.44. The van der Waals surface area contributed by atoms with Gasteiger partial charge in [-0.1, -0.05) is 24.3 Å². The molecule has 1 spiro atoms. The average molecular weight is 370 g/mol. The quantitative estimate of drug-likeness (QED) is 0.882. The Balaban J connectivity index is 1.63. The zero-order chi connectivity index (χ0) is 18.1. The summed E-state index contributed by atoms with van der Waals surface area (Å²) in [5, 5.41) is 5.09. The number of hydrogen-bond acceptors (Lipinski definition) is 4. The maximum Gasteiger partial charge on any atom is 0.261 e. The highest BCUT2D eigenvalue weighted by molar-refractivity contribution is 7.12. The van der Waals surface area contributed by atoms with Crippen LogP contribution >= 0.6 is 11.3 Å². The highest BCUT2D eigenvalue weighted by atomic mass is 32.1. The average Bonchev–Trinajstić information content (AvgIpc) is 3.15. The molecule has 26 heavy (non-hydrogen) atoms. The molecule has 1 saturated heterocycles. The van der Waals surface area contributed by atoms with Crippen LogP contribution in [0.3, 0.4) is 0 Å². The fourth-order valence-corrected chi connectivity index (χ4v) is 4.46. The molecule has 1 fully saturated rings. The minimum absolute atomic E-state index is 0.0568. The number of carbonyl (C=O) groups is 2. The maximum absolute atomic E-state index is 12.6. The third-order valence-electron chi connectivity index (χ3n) is 5.37. The first-order chi connectivity index (χ1) is 12.6. The number of carbonyl (C=O) groups excluding carboxylic acids is 2. The number of thiophene rings is 1. The molecule has 2 aliphatic heterocycles. The first-order valence-electron chi connectivity index (χ1n) is 8.93. The van der Waals surface area contributed by atoms with Crippen LogP contribution < -0.4 is 10.1 Å². The van der Waals surface area contributed by atoms with E-state index in [0.717, 1.165) is 17.7 Å². The number of likely N-dealkylation sites (tertiary alicyclic amines) is 1. The molecule has 1 aromatic carbocycles. The SMILES string of the molecule is CN1CC[C@]2(CCC1=O)C[C@@H](NC(=O)c1cccs1)c1ccccc1O2. The lowest BCUT2D eigenvalue weighted by molar-refractivity contribution is -0.129. The van der Waals surface area contributed by atoms with Crippen LogP contribution in [0.25, 0.3) is 0 Å². The second-order valence-electron chi connectivity index (χ2n) is 7.10. The van der Waals surface area contributed by atoms with E-state index in [4.69, 9.17) is 4.74 Å². The molecule has 0 unspecified atom stereocenters. The summed E-state index contributed by atoms with van der Waals surface area (Å²) in [4.78, 5) is 27.2. The van der Waals surface area contributed by atoms with Gasteiger partial charge in [0.2, 0.25) is 5.91 Å². The molecular weight excluding hydrogens is 348 g/mol. The molecule has 2 aromatic rings. The van der Waals surface area contributed by atoms with Gasteiger partial charge in [0.25, 0.3) is 5.91 Å². The molecule has 4 rings (SSSR count). The zero-order valence-electron chi connectivity index (χ0n) is 14.7. The van der Waals surface area contributed by atoms with Crippen LogP contribution in [-0.4, -0.2) is 35.9 Å². The summed E-state index contributed by atoms with van der Waals surface area (Å²) < 4.78 is 6.41. The fourth-order valence-electron chi connectivity index (χ4n) is 3.84. The number of para-hydroxylation sites is 1. The van der Waals surface area contributed by atoms with Gasteiger partial charge in [0, 0.05) is 38.4 Å². The van der Waals surface area contributed by atoms with Crippen molar-refractivity contribution >= 4 is 23.2 Å². The molecule has 1 aromatic heterocycles. The standard InChI is InChI=1S/C20H22N2O3S/c1-22-11-10-20(9-8-18(22)23)13-15(14-5-2-3-6-16(14)25-20)21-19(24)17-7-4-12-26-17/h2-7,12,15H,8-11,13H2,1H3,(H,21,24)/t15-,20-/m1/s1. The Morgan fingerprint density at radius 2 is 2.12 bits per heavy atom. The molecule has 6 heteroatoms. The predicted octanol–water partition coefficient (Wildman–Crippen LogP) is 3.38. The Morgan fingerprint density at radius 3 is 2.92 bits per heavy atom. The Kier molecular flexibility index (Phi) is 4.44. The Morgan fingerprint density at radius 1 is 1.27 bits per heavy atom. The summed E-state index contributed by atoms with van der Waals surface area (Å²) in [5.41, 5.74) is 0.592. The normalized spacial score (nSPS) is 25.3. The molecule has 0 bridgehead atoms. The minimum Gasteiger partial charge on any atom is -0.487 e. The molecule has 2 amide bonds. The number of rotatable bonds is 2. The van der Waals surface area contributed by atoms with Crippen LogP contribution in [0, 0.1) is 0 Å². The summed E-state index contributed by atoms with van der Waals surface area (Å²) in [6.45, 7) is 0.673. The van der Waals surface area contributed by atoms with Crippen molar-refractivity contribution in [3.63, 3.8) is 0 Å². The van der Waals surface area contributed by atoms with E-state index in [9.17, 15) is 9.59 Å². The third kappa shape index (κ3) is 3.21. The van der Waals surface area contributed by atoms with E-state index in [1.165, 1.54) is 11.3 Å². The van der Waals surface area contributed by atoms with Gasteiger partial charge < -0.3 is 15.0 Å². The molecule has 0 aliphatic carbocycles. The Hall–Kier alpha value is -2.34. The maximum atomic E-state index is 12.6. The molecule has 3 heterocycles. The monoisotopic (exact) mass is 370 g/mol. The number of nitrogens with zero attached hydrogens (tertiary/aromatic N) is 1. The molecule has 2 aliphatic rings. The Labute approximate surface area is 157 Å². The van der Waals surface area contributed by atoms with Gasteiger partial charge >= 0.3 is 0 Å². The van der Waals surface area contributed by atoms with E-state index >= 15 is 0 Å². The van der Waals surface area contributed by atoms with Crippen molar-refractivity contribution in [3.05, 3.63) is 52.2 Å². The number of nitrogens with one attached hydrogen (secondary N) is 1. The second kappa shape index (κ2) is 6.76. The lowest BCUT2D eigenvalue weighted by atomic mass is 9.82. The van der Waals surface area contributed by atoms with Crippen LogP contribution in [-0.2, 0) is 4.79 Å².